The van der Waals surface area contributed by atoms with Gasteiger partial charge in [-0.15, -0.1) is 0 Å². The summed E-state index contributed by atoms with van der Waals surface area (Å²) >= 11 is 0. The number of hydrogen-bond acceptors (Lipinski definition) is 3. The molecule has 2 rings (SSSR count). The molecule has 0 unspecified atom stereocenters. The van der Waals surface area contributed by atoms with Crippen LogP contribution >= 0.6 is 0 Å². The summed E-state index contributed by atoms with van der Waals surface area (Å²) in [6.45, 7) is 4.32. The molecule has 1 aliphatic heterocycles. The Morgan fingerprint density at radius 3 is 2.87 bits per heavy atom. The molecule has 6 heteroatoms. The van der Waals surface area contributed by atoms with Crippen molar-refractivity contribution in [3.8, 4) is 0 Å². The summed E-state index contributed by atoms with van der Waals surface area (Å²) in [4.78, 5) is 14.2. The predicted molar refractivity (Wildman–Crippen MR) is 84.1 cm³/mol. The summed E-state index contributed by atoms with van der Waals surface area (Å²) in [6, 6.07) is 2.68. The molecule has 0 spiro atoms. The first-order chi connectivity index (χ1) is 11.0. The van der Waals surface area contributed by atoms with Crippen LogP contribution in [0, 0.1) is 11.6 Å². The average molecular weight is 324 g/mol. The molecule has 4 nitrogen and oxygen atoms in total. The van der Waals surface area contributed by atoms with E-state index < -0.39 is 17.5 Å². The number of aliphatic hydroxyl groups is 1. The SMILES string of the molecule is C[C@H](CC1=CCN(CCO)CC1)NC(=O)c1cc(F)ccc1F. The van der Waals surface area contributed by atoms with Crippen LogP contribution in [0.2, 0.25) is 0 Å². The molecule has 0 aliphatic carbocycles. The number of hydrogen-bond donors (Lipinski definition) is 2. The number of nitrogens with one attached hydrogen (secondary N) is 1. The van der Waals surface area contributed by atoms with Gasteiger partial charge in [-0.25, -0.2) is 8.78 Å². The fourth-order valence-corrected chi connectivity index (χ4v) is 2.70. The van der Waals surface area contributed by atoms with E-state index in [1.807, 2.05) is 6.92 Å². The van der Waals surface area contributed by atoms with Gasteiger partial charge in [0.25, 0.3) is 5.91 Å². The smallest absolute Gasteiger partial charge is 0.254 e. The summed E-state index contributed by atoms with van der Waals surface area (Å²) in [5.41, 5.74) is 0.954. The van der Waals surface area contributed by atoms with E-state index in [9.17, 15) is 13.6 Å². The molecule has 0 saturated heterocycles. The molecule has 1 heterocycles. The molecule has 0 bridgehead atoms. The van der Waals surface area contributed by atoms with E-state index in [-0.39, 0.29) is 18.2 Å². The molecule has 0 radical (unpaired) electrons. The Morgan fingerprint density at radius 2 is 2.22 bits per heavy atom. The Bertz CT molecular complexity index is 590. The third-order valence-electron chi connectivity index (χ3n) is 3.92. The van der Waals surface area contributed by atoms with Gasteiger partial charge in [-0.1, -0.05) is 11.6 Å². The highest BCUT2D eigenvalue weighted by Gasteiger charge is 2.17. The zero-order valence-corrected chi connectivity index (χ0v) is 13.2. The summed E-state index contributed by atoms with van der Waals surface area (Å²) in [6.07, 6.45) is 3.66. The van der Waals surface area contributed by atoms with Crippen molar-refractivity contribution in [3.63, 3.8) is 0 Å². The van der Waals surface area contributed by atoms with Crippen molar-refractivity contribution in [1.29, 1.82) is 0 Å². The number of β-amino-alcohol motifs (C(OH)–C–C–N with tert-alkyl or cyclic N) is 1. The molecule has 0 fully saturated rings. The Hall–Kier alpha value is -1.79. The van der Waals surface area contributed by atoms with E-state index in [0.717, 1.165) is 37.7 Å². The molecule has 1 atom stereocenters. The molecule has 1 aliphatic rings. The number of nitrogens with zero attached hydrogens (tertiary/aromatic N) is 1. The van der Waals surface area contributed by atoms with Gasteiger partial charge in [-0.2, -0.15) is 0 Å². The lowest BCUT2D eigenvalue weighted by Crippen LogP contribution is -2.35. The van der Waals surface area contributed by atoms with Crippen molar-refractivity contribution in [2.75, 3.05) is 26.2 Å². The lowest BCUT2D eigenvalue weighted by molar-refractivity contribution is 0.0935. The molecule has 1 aromatic carbocycles. The lowest BCUT2D eigenvalue weighted by Gasteiger charge is -2.26. The molecule has 23 heavy (non-hydrogen) atoms. The molecule has 1 amide bonds. The van der Waals surface area contributed by atoms with Gasteiger partial charge in [0.1, 0.15) is 11.6 Å². The largest absolute Gasteiger partial charge is 0.395 e. The number of halogens is 2. The van der Waals surface area contributed by atoms with E-state index in [1.54, 1.807) is 0 Å². The summed E-state index contributed by atoms with van der Waals surface area (Å²) in [7, 11) is 0. The van der Waals surface area contributed by atoms with E-state index in [1.165, 1.54) is 5.57 Å². The van der Waals surface area contributed by atoms with Gasteiger partial charge in [0.15, 0.2) is 0 Å². The fourth-order valence-electron chi connectivity index (χ4n) is 2.70. The van der Waals surface area contributed by atoms with Crippen LogP contribution in [0.5, 0.6) is 0 Å². The third kappa shape index (κ3) is 5.11. The Balaban J connectivity index is 1.88. The van der Waals surface area contributed by atoms with E-state index in [0.29, 0.717) is 13.0 Å². The first kappa shape index (κ1) is 17.6. The minimum absolute atomic E-state index is 0.148. The van der Waals surface area contributed by atoms with Crippen molar-refractivity contribution in [2.45, 2.75) is 25.8 Å². The third-order valence-corrected chi connectivity index (χ3v) is 3.92. The monoisotopic (exact) mass is 324 g/mol. The second kappa shape index (κ2) is 8.17. The zero-order chi connectivity index (χ0) is 16.8. The average Bonchev–Trinajstić information content (AvgIpc) is 2.51. The first-order valence-corrected chi connectivity index (χ1v) is 7.76. The van der Waals surface area contributed by atoms with Crippen LogP contribution in [-0.2, 0) is 0 Å². The van der Waals surface area contributed by atoms with Crippen molar-refractivity contribution < 1.29 is 18.7 Å². The van der Waals surface area contributed by atoms with Gasteiger partial charge in [-0.05, 0) is 38.0 Å². The molecule has 126 valence electrons. The molecule has 0 saturated carbocycles. The van der Waals surface area contributed by atoms with Crippen molar-refractivity contribution in [2.24, 2.45) is 0 Å². The van der Waals surface area contributed by atoms with Crippen LogP contribution in [0.15, 0.2) is 29.8 Å². The molecule has 0 aromatic heterocycles. The van der Waals surface area contributed by atoms with E-state index in [2.05, 4.69) is 16.3 Å². The quantitative estimate of drug-likeness (QED) is 0.788. The maximum Gasteiger partial charge on any atom is 0.254 e. The summed E-state index contributed by atoms with van der Waals surface area (Å²) < 4.78 is 26.7. The number of benzene rings is 1. The highest BCUT2D eigenvalue weighted by Crippen LogP contribution is 2.16. The molecular weight excluding hydrogens is 302 g/mol. The number of rotatable bonds is 6. The van der Waals surface area contributed by atoms with Crippen LogP contribution in [-0.4, -0.2) is 48.2 Å². The Kier molecular flexibility index (Phi) is 6.24. The van der Waals surface area contributed by atoms with Crippen LogP contribution in [0.3, 0.4) is 0 Å². The zero-order valence-electron chi connectivity index (χ0n) is 13.2. The minimum Gasteiger partial charge on any atom is -0.395 e. The maximum atomic E-state index is 13.6. The van der Waals surface area contributed by atoms with Gasteiger partial charge in [0.2, 0.25) is 0 Å². The minimum atomic E-state index is -0.729. The maximum absolute atomic E-state index is 13.6. The Morgan fingerprint density at radius 1 is 1.43 bits per heavy atom. The Labute approximate surface area is 134 Å². The summed E-state index contributed by atoms with van der Waals surface area (Å²) in [5.74, 6) is -1.97. The van der Waals surface area contributed by atoms with Gasteiger partial charge in [0.05, 0.1) is 12.2 Å². The van der Waals surface area contributed by atoms with Crippen LogP contribution in [0.1, 0.15) is 30.1 Å². The van der Waals surface area contributed by atoms with Crippen LogP contribution in [0.25, 0.3) is 0 Å². The van der Waals surface area contributed by atoms with Crippen LogP contribution < -0.4 is 5.32 Å². The first-order valence-electron chi connectivity index (χ1n) is 7.76. The lowest BCUT2D eigenvalue weighted by atomic mass is 10.0. The number of carbonyl (C=O) groups is 1. The van der Waals surface area contributed by atoms with Gasteiger partial charge in [0, 0.05) is 25.7 Å². The topological polar surface area (TPSA) is 52.6 Å². The molecule has 1 aromatic rings. The van der Waals surface area contributed by atoms with Crippen molar-refractivity contribution in [3.05, 3.63) is 47.0 Å². The van der Waals surface area contributed by atoms with Crippen molar-refractivity contribution >= 4 is 5.91 Å². The standard InChI is InChI=1S/C17H22F2N2O2/c1-12(10-13-4-6-21(7-5-13)8-9-22)20-17(23)15-11-14(18)2-3-16(15)19/h2-4,11-12,22H,5-10H2,1H3,(H,20,23)/t12-/m1/s1. The predicted octanol–water partition coefficient (Wildman–Crippen LogP) is 2.10. The summed E-state index contributed by atoms with van der Waals surface area (Å²) in [5, 5.41) is 11.6. The second-order valence-electron chi connectivity index (χ2n) is 5.84. The number of amides is 1. The molecular formula is C17H22F2N2O2. The highest BCUT2D eigenvalue weighted by atomic mass is 19.1. The van der Waals surface area contributed by atoms with Gasteiger partial charge in [-0.3, -0.25) is 9.69 Å². The van der Waals surface area contributed by atoms with E-state index in [4.69, 9.17) is 5.11 Å². The van der Waals surface area contributed by atoms with Gasteiger partial charge < -0.3 is 10.4 Å². The normalized spacial score (nSPS) is 16.8. The number of carbonyl (C=O) groups excluding carboxylic acids is 1. The second-order valence-corrected chi connectivity index (χ2v) is 5.84. The van der Waals surface area contributed by atoms with E-state index >= 15 is 0 Å². The molecule has 2 N–H and O–H groups in total. The highest BCUT2D eigenvalue weighted by molar-refractivity contribution is 5.94. The fraction of sp³-hybridized carbons (Fsp3) is 0.471. The van der Waals surface area contributed by atoms with Crippen molar-refractivity contribution in [1.82, 2.24) is 10.2 Å². The van der Waals surface area contributed by atoms with Gasteiger partial charge >= 0.3 is 0 Å². The number of aliphatic hydroxyl groups excluding tert-OH is 1. The van der Waals surface area contributed by atoms with Crippen LogP contribution in [0.4, 0.5) is 8.78 Å².